The van der Waals surface area contributed by atoms with Crippen LogP contribution in [-0.2, 0) is 5.75 Å². The van der Waals surface area contributed by atoms with E-state index in [-0.39, 0.29) is 0 Å². The van der Waals surface area contributed by atoms with E-state index in [0.29, 0.717) is 16.1 Å². The molecule has 2 heterocycles. The van der Waals surface area contributed by atoms with Crippen molar-refractivity contribution < 1.29 is 4.42 Å². The van der Waals surface area contributed by atoms with Gasteiger partial charge in [0, 0.05) is 11.9 Å². The molecule has 78 valence electrons. The van der Waals surface area contributed by atoms with Crippen molar-refractivity contribution >= 4 is 23.4 Å². The molecule has 0 aliphatic carbocycles. The van der Waals surface area contributed by atoms with Gasteiger partial charge in [-0.2, -0.15) is 0 Å². The lowest BCUT2D eigenvalue weighted by Crippen LogP contribution is -1.85. The molecule has 5 heteroatoms. The Labute approximate surface area is 96.9 Å². The SMILES string of the molecule is Cc1coc(SCc2cccnc2Cl)n1. The fraction of sp³-hybridized carbons (Fsp3) is 0.200. The molecule has 0 unspecified atom stereocenters. The van der Waals surface area contributed by atoms with Crippen LogP contribution in [0.25, 0.3) is 0 Å². The van der Waals surface area contributed by atoms with Gasteiger partial charge in [0.25, 0.3) is 5.22 Å². The zero-order chi connectivity index (χ0) is 10.7. The number of aryl methyl sites for hydroxylation is 1. The third-order valence-electron chi connectivity index (χ3n) is 1.79. The summed E-state index contributed by atoms with van der Waals surface area (Å²) in [5.74, 6) is 0.715. The molecule has 2 aromatic rings. The minimum Gasteiger partial charge on any atom is -0.440 e. The summed E-state index contributed by atoms with van der Waals surface area (Å²) in [6.45, 7) is 1.89. The number of halogens is 1. The molecule has 0 saturated carbocycles. The second-order valence-electron chi connectivity index (χ2n) is 3.00. The molecule has 0 aliphatic rings. The van der Waals surface area contributed by atoms with Crippen LogP contribution in [0.4, 0.5) is 0 Å². The molecule has 0 aliphatic heterocycles. The number of thioether (sulfide) groups is 1. The van der Waals surface area contributed by atoms with Crippen LogP contribution in [0.3, 0.4) is 0 Å². The maximum Gasteiger partial charge on any atom is 0.256 e. The van der Waals surface area contributed by atoms with E-state index in [1.54, 1.807) is 12.5 Å². The molecule has 0 spiro atoms. The summed E-state index contributed by atoms with van der Waals surface area (Å²) in [4.78, 5) is 8.19. The van der Waals surface area contributed by atoms with Gasteiger partial charge in [-0.3, -0.25) is 0 Å². The summed E-state index contributed by atoms with van der Waals surface area (Å²) in [7, 11) is 0. The van der Waals surface area contributed by atoms with Crippen LogP contribution in [0.1, 0.15) is 11.3 Å². The average Bonchev–Trinajstić information content (AvgIpc) is 2.63. The maximum absolute atomic E-state index is 5.92. The van der Waals surface area contributed by atoms with Crippen molar-refractivity contribution in [2.24, 2.45) is 0 Å². The first-order valence-corrected chi connectivity index (χ1v) is 5.76. The molecule has 0 atom stereocenters. The van der Waals surface area contributed by atoms with E-state index in [1.807, 2.05) is 19.1 Å². The van der Waals surface area contributed by atoms with Crippen molar-refractivity contribution in [3.8, 4) is 0 Å². The third kappa shape index (κ3) is 2.73. The lowest BCUT2D eigenvalue weighted by molar-refractivity contribution is 0.454. The highest BCUT2D eigenvalue weighted by Gasteiger charge is 2.05. The Morgan fingerprint density at radius 2 is 2.40 bits per heavy atom. The van der Waals surface area contributed by atoms with Gasteiger partial charge in [0.1, 0.15) is 11.4 Å². The van der Waals surface area contributed by atoms with Gasteiger partial charge in [-0.25, -0.2) is 9.97 Å². The van der Waals surface area contributed by atoms with E-state index >= 15 is 0 Å². The predicted molar refractivity (Wildman–Crippen MR) is 60.0 cm³/mol. The molecule has 0 radical (unpaired) electrons. The van der Waals surface area contributed by atoms with E-state index in [0.717, 1.165) is 11.3 Å². The highest BCUT2D eigenvalue weighted by Crippen LogP contribution is 2.24. The number of pyridine rings is 1. The van der Waals surface area contributed by atoms with Crippen LogP contribution < -0.4 is 0 Å². The molecular weight excluding hydrogens is 232 g/mol. The van der Waals surface area contributed by atoms with E-state index < -0.39 is 0 Å². The highest BCUT2D eigenvalue weighted by atomic mass is 35.5. The van der Waals surface area contributed by atoms with Crippen LogP contribution in [0.5, 0.6) is 0 Å². The van der Waals surface area contributed by atoms with Crippen molar-refractivity contribution in [2.75, 3.05) is 0 Å². The molecule has 0 saturated heterocycles. The van der Waals surface area contributed by atoms with Gasteiger partial charge >= 0.3 is 0 Å². The van der Waals surface area contributed by atoms with Gasteiger partial charge < -0.3 is 4.42 Å². The Morgan fingerprint density at radius 1 is 1.53 bits per heavy atom. The fourth-order valence-electron chi connectivity index (χ4n) is 1.07. The largest absolute Gasteiger partial charge is 0.440 e. The number of hydrogen-bond donors (Lipinski definition) is 0. The lowest BCUT2D eigenvalue weighted by atomic mass is 10.3. The zero-order valence-electron chi connectivity index (χ0n) is 8.11. The van der Waals surface area contributed by atoms with E-state index in [1.165, 1.54) is 11.8 Å². The third-order valence-corrected chi connectivity index (χ3v) is 3.02. The topological polar surface area (TPSA) is 38.9 Å². The summed E-state index contributed by atoms with van der Waals surface area (Å²) in [5.41, 5.74) is 1.87. The van der Waals surface area contributed by atoms with Crippen LogP contribution in [-0.4, -0.2) is 9.97 Å². The Balaban J connectivity index is 2.02. The summed E-state index contributed by atoms with van der Waals surface area (Å²) in [6, 6.07) is 3.81. The van der Waals surface area contributed by atoms with Crippen molar-refractivity contribution in [2.45, 2.75) is 17.9 Å². The second kappa shape index (κ2) is 4.68. The smallest absolute Gasteiger partial charge is 0.256 e. The molecule has 2 aromatic heterocycles. The molecule has 0 fully saturated rings. The minimum absolute atomic E-state index is 0.535. The average molecular weight is 241 g/mol. The Hall–Kier alpha value is -1.00. The lowest BCUT2D eigenvalue weighted by Gasteiger charge is -1.99. The van der Waals surface area contributed by atoms with Gasteiger partial charge in [0.15, 0.2) is 0 Å². The molecule has 0 bridgehead atoms. The van der Waals surface area contributed by atoms with Gasteiger partial charge in [-0.15, -0.1) is 0 Å². The van der Waals surface area contributed by atoms with Crippen LogP contribution in [0.2, 0.25) is 5.15 Å². The Kier molecular flexibility index (Phi) is 3.28. The van der Waals surface area contributed by atoms with Crippen molar-refractivity contribution in [1.29, 1.82) is 0 Å². The standard InChI is InChI=1S/C10H9ClN2OS/c1-7-5-14-10(13-7)15-6-8-3-2-4-12-9(8)11/h2-5H,6H2,1H3. The Bertz CT molecular complexity index is 458. The fourth-order valence-corrected chi connectivity index (χ4v) is 2.17. The summed E-state index contributed by atoms with van der Waals surface area (Å²) < 4.78 is 5.21. The van der Waals surface area contributed by atoms with Gasteiger partial charge in [-0.1, -0.05) is 29.4 Å². The first-order valence-electron chi connectivity index (χ1n) is 4.40. The summed E-state index contributed by atoms with van der Waals surface area (Å²) in [5, 5.41) is 1.20. The number of hydrogen-bond acceptors (Lipinski definition) is 4. The molecule has 0 amide bonds. The molecule has 0 aromatic carbocycles. The highest BCUT2D eigenvalue weighted by molar-refractivity contribution is 7.98. The van der Waals surface area contributed by atoms with Crippen molar-refractivity contribution in [3.63, 3.8) is 0 Å². The van der Waals surface area contributed by atoms with Gasteiger partial charge in [0.05, 0.1) is 5.69 Å². The molecular formula is C10H9ClN2OS. The number of nitrogens with zero attached hydrogens (tertiary/aromatic N) is 2. The number of aromatic nitrogens is 2. The second-order valence-corrected chi connectivity index (χ2v) is 4.28. The van der Waals surface area contributed by atoms with Crippen LogP contribution in [0.15, 0.2) is 34.2 Å². The van der Waals surface area contributed by atoms with E-state index in [4.69, 9.17) is 16.0 Å². The zero-order valence-corrected chi connectivity index (χ0v) is 9.68. The van der Waals surface area contributed by atoms with E-state index in [2.05, 4.69) is 9.97 Å². The van der Waals surface area contributed by atoms with E-state index in [9.17, 15) is 0 Å². The minimum atomic E-state index is 0.535. The van der Waals surface area contributed by atoms with Crippen molar-refractivity contribution in [1.82, 2.24) is 9.97 Å². The first kappa shape index (κ1) is 10.5. The number of rotatable bonds is 3. The Morgan fingerprint density at radius 3 is 3.07 bits per heavy atom. The molecule has 3 nitrogen and oxygen atoms in total. The van der Waals surface area contributed by atoms with Crippen molar-refractivity contribution in [3.05, 3.63) is 41.0 Å². The van der Waals surface area contributed by atoms with Gasteiger partial charge in [0.2, 0.25) is 0 Å². The first-order chi connectivity index (χ1) is 7.25. The summed E-state index contributed by atoms with van der Waals surface area (Å²) in [6.07, 6.45) is 3.30. The van der Waals surface area contributed by atoms with Gasteiger partial charge in [-0.05, 0) is 18.6 Å². The van der Waals surface area contributed by atoms with Crippen LogP contribution >= 0.6 is 23.4 Å². The predicted octanol–water partition coefficient (Wildman–Crippen LogP) is 3.32. The molecule has 0 N–H and O–H groups in total. The summed E-state index contributed by atoms with van der Waals surface area (Å²) >= 11 is 7.43. The maximum atomic E-state index is 5.92. The normalized spacial score (nSPS) is 10.5. The molecule has 2 rings (SSSR count). The monoisotopic (exact) mass is 240 g/mol. The van der Waals surface area contributed by atoms with Crippen LogP contribution in [0, 0.1) is 6.92 Å². The quantitative estimate of drug-likeness (QED) is 0.609. The number of oxazole rings is 1. The molecule has 15 heavy (non-hydrogen) atoms.